The Morgan fingerprint density at radius 2 is 2.00 bits per heavy atom. The highest BCUT2D eigenvalue weighted by molar-refractivity contribution is 5.38. The van der Waals surface area contributed by atoms with Crippen molar-refractivity contribution in [2.45, 2.75) is 103 Å². The Morgan fingerprint density at radius 1 is 1.27 bits per heavy atom. The van der Waals surface area contributed by atoms with Crippen LogP contribution < -0.4 is 0 Å². The molecule has 3 aliphatic carbocycles. The van der Waals surface area contributed by atoms with Crippen LogP contribution in [0.1, 0.15) is 79.1 Å². The van der Waals surface area contributed by atoms with E-state index >= 15 is 0 Å². The quantitative estimate of drug-likeness (QED) is 0.585. The van der Waals surface area contributed by atoms with Gasteiger partial charge in [0.2, 0.25) is 0 Å². The highest BCUT2D eigenvalue weighted by Gasteiger charge is 2.51. The molecule has 4 heteroatoms. The Kier molecular flexibility index (Phi) is 7.33. The molecule has 0 saturated heterocycles. The van der Waals surface area contributed by atoms with Gasteiger partial charge in [-0.1, -0.05) is 31.2 Å². The predicted molar refractivity (Wildman–Crippen MR) is 121 cm³/mol. The molecule has 3 fully saturated rings. The summed E-state index contributed by atoms with van der Waals surface area (Å²) in [6.45, 7) is 13.0. The molecule has 0 radical (unpaired) electrons. The fourth-order valence-electron chi connectivity index (χ4n) is 6.13. The van der Waals surface area contributed by atoms with E-state index in [2.05, 4.69) is 32.6 Å². The maximum atomic E-state index is 10.1. The van der Waals surface area contributed by atoms with Crippen molar-refractivity contribution in [3.63, 3.8) is 0 Å². The van der Waals surface area contributed by atoms with E-state index in [-0.39, 0.29) is 11.5 Å². The molecule has 3 N–H and O–H groups in total. The third kappa shape index (κ3) is 5.27. The van der Waals surface area contributed by atoms with Crippen molar-refractivity contribution in [2.75, 3.05) is 6.61 Å². The molecule has 3 aliphatic rings. The second kappa shape index (κ2) is 9.28. The molecule has 2 unspecified atom stereocenters. The third-order valence-corrected chi connectivity index (χ3v) is 7.96. The molecule has 0 aromatic rings. The van der Waals surface area contributed by atoms with E-state index in [0.717, 1.165) is 17.6 Å². The fraction of sp³-hybridized carbons (Fsp3) is 0.769. The van der Waals surface area contributed by atoms with Crippen LogP contribution in [0.5, 0.6) is 0 Å². The Labute approximate surface area is 182 Å². The van der Waals surface area contributed by atoms with Crippen LogP contribution in [0.4, 0.5) is 0 Å². The van der Waals surface area contributed by atoms with Gasteiger partial charge >= 0.3 is 0 Å². The molecular weight excluding hydrogens is 376 g/mol. The summed E-state index contributed by atoms with van der Waals surface area (Å²) in [5.74, 6) is 1.11. The lowest BCUT2D eigenvalue weighted by Crippen LogP contribution is -2.39. The molecule has 30 heavy (non-hydrogen) atoms. The number of rotatable bonds is 6. The number of ether oxygens (including phenoxy) is 1. The zero-order chi connectivity index (χ0) is 22.1. The van der Waals surface area contributed by atoms with E-state index in [4.69, 9.17) is 4.74 Å². The molecule has 3 rings (SSSR count). The van der Waals surface area contributed by atoms with Gasteiger partial charge in [-0.05, 0) is 94.1 Å². The average molecular weight is 419 g/mol. The molecular formula is C26H42O4. The van der Waals surface area contributed by atoms with Gasteiger partial charge in [0.1, 0.15) is 0 Å². The first-order chi connectivity index (χ1) is 14.0. The second-order valence-corrected chi connectivity index (χ2v) is 10.8. The van der Waals surface area contributed by atoms with Gasteiger partial charge in [-0.25, -0.2) is 0 Å². The largest absolute Gasteiger partial charge is 0.393 e. The van der Waals surface area contributed by atoms with Crippen molar-refractivity contribution in [1.29, 1.82) is 0 Å². The van der Waals surface area contributed by atoms with E-state index in [1.807, 2.05) is 13.8 Å². The Morgan fingerprint density at radius 3 is 2.70 bits per heavy atom. The fourth-order valence-corrected chi connectivity index (χ4v) is 6.13. The van der Waals surface area contributed by atoms with Crippen molar-refractivity contribution < 1.29 is 20.1 Å². The maximum absolute atomic E-state index is 10.1. The normalized spacial score (nSPS) is 38.8. The number of hydrogen-bond acceptors (Lipinski definition) is 4. The lowest BCUT2D eigenvalue weighted by molar-refractivity contribution is -0.0454. The molecule has 3 saturated carbocycles. The summed E-state index contributed by atoms with van der Waals surface area (Å²) < 4.78 is 6.19. The average Bonchev–Trinajstić information content (AvgIpc) is 3.00. The van der Waals surface area contributed by atoms with Crippen LogP contribution in [0.15, 0.2) is 35.5 Å². The first kappa shape index (κ1) is 23.7. The number of hydrogen-bond donors (Lipinski definition) is 3. The van der Waals surface area contributed by atoms with Crippen molar-refractivity contribution in [3.05, 3.63) is 35.5 Å². The number of aliphatic hydroxyl groups excluding tert-OH is 2. The molecule has 6 atom stereocenters. The Hall–Kier alpha value is -0.940. The lowest BCUT2D eigenvalue weighted by atomic mass is 9.62. The summed E-state index contributed by atoms with van der Waals surface area (Å²) in [5.41, 5.74) is 2.82. The summed E-state index contributed by atoms with van der Waals surface area (Å²) in [4.78, 5) is 0. The maximum Gasteiger partial charge on any atom is 0.0811 e. The summed E-state index contributed by atoms with van der Waals surface area (Å²) in [6, 6.07) is 0. The van der Waals surface area contributed by atoms with E-state index < -0.39 is 17.8 Å². The zero-order valence-electron chi connectivity index (χ0n) is 19.4. The monoisotopic (exact) mass is 418 g/mol. The van der Waals surface area contributed by atoms with Gasteiger partial charge in [0.05, 0.1) is 23.9 Å². The highest BCUT2D eigenvalue weighted by Crippen LogP contribution is 2.58. The minimum absolute atomic E-state index is 0.198. The molecule has 0 spiro atoms. The molecule has 0 aromatic heterocycles. The van der Waals surface area contributed by atoms with Gasteiger partial charge in [-0.15, -0.1) is 0 Å². The summed E-state index contributed by atoms with van der Waals surface area (Å²) in [6.07, 6.45) is 11.0. The van der Waals surface area contributed by atoms with Gasteiger partial charge in [-0.3, -0.25) is 0 Å². The molecule has 170 valence electrons. The van der Waals surface area contributed by atoms with Crippen LogP contribution in [0, 0.1) is 17.3 Å². The SMILES string of the molecule is C=C1/C(=C\C=C2CCC[C@@]3(C)C2CC[C@@H]3[C@H](C)OCCC(C)(C)O)C[C@@H](O)CC1O. The van der Waals surface area contributed by atoms with Crippen molar-refractivity contribution in [2.24, 2.45) is 17.3 Å². The minimum Gasteiger partial charge on any atom is -0.393 e. The molecule has 0 bridgehead atoms. The van der Waals surface area contributed by atoms with Crippen LogP contribution >= 0.6 is 0 Å². The van der Waals surface area contributed by atoms with Crippen molar-refractivity contribution >= 4 is 0 Å². The first-order valence-electron chi connectivity index (χ1n) is 11.8. The van der Waals surface area contributed by atoms with E-state index in [1.54, 1.807) is 0 Å². The Bertz CT molecular complexity index is 686. The topological polar surface area (TPSA) is 69.9 Å². The number of allylic oxidation sites excluding steroid dienone is 3. The van der Waals surface area contributed by atoms with Gasteiger partial charge in [0.25, 0.3) is 0 Å². The van der Waals surface area contributed by atoms with Gasteiger partial charge < -0.3 is 20.1 Å². The van der Waals surface area contributed by atoms with Crippen molar-refractivity contribution in [3.8, 4) is 0 Å². The van der Waals surface area contributed by atoms with Gasteiger partial charge in [0, 0.05) is 13.0 Å². The molecule has 4 nitrogen and oxygen atoms in total. The van der Waals surface area contributed by atoms with Crippen LogP contribution in [0.3, 0.4) is 0 Å². The number of aliphatic hydroxyl groups is 3. The summed E-state index contributed by atoms with van der Waals surface area (Å²) in [5, 5.41) is 30.1. The summed E-state index contributed by atoms with van der Waals surface area (Å²) >= 11 is 0. The summed E-state index contributed by atoms with van der Waals surface area (Å²) in [7, 11) is 0. The minimum atomic E-state index is -0.680. The smallest absolute Gasteiger partial charge is 0.0811 e. The predicted octanol–water partition coefficient (Wildman–Crippen LogP) is 4.69. The third-order valence-electron chi connectivity index (χ3n) is 7.96. The van der Waals surface area contributed by atoms with E-state index in [9.17, 15) is 15.3 Å². The van der Waals surface area contributed by atoms with Gasteiger partial charge in [-0.2, -0.15) is 0 Å². The molecule has 0 amide bonds. The molecule has 0 aliphatic heterocycles. The molecule has 0 aromatic carbocycles. The molecule has 0 heterocycles. The standard InChI is InChI=1S/C26H42O4/c1-17-20(15-21(27)16-24(17)28)9-8-19-7-6-12-26(5)22(10-11-23(19)26)18(2)30-14-13-25(3,4)29/h8-9,18,21-24,27-29H,1,6-7,10-16H2,2-5H3/b19-8?,20-9-/t18-,21+,22+,23?,24?,26+/m0/s1. The van der Waals surface area contributed by atoms with Crippen LogP contribution in [0.2, 0.25) is 0 Å². The van der Waals surface area contributed by atoms with Crippen LogP contribution in [-0.2, 0) is 4.74 Å². The Balaban J connectivity index is 1.70. The first-order valence-corrected chi connectivity index (χ1v) is 11.8. The van der Waals surface area contributed by atoms with Gasteiger partial charge in [0.15, 0.2) is 0 Å². The van der Waals surface area contributed by atoms with Crippen LogP contribution in [-0.4, -0.2) is 45.8 Å². The van der Waals surface area contributed by atoms with Crippen LogP contribution in [0.25, 0.3) is 0 Å². The second-order valence-electron chi connectivity index (χ2n) is 10.8. The zero-order valence-corrected chi connectivity index (χ0v) is 19.4. The van der Waals surface area contributed by atoms with Crippen molar-refractivity contribution in [1.82, 2.24) is 0 Å². The van der Waals surface area contributed by atoms with E-state index in [0.29, 0.717) is 37.7 Å². The van der Waals surface area contributed by atoms with E-state index in [1.165, 1.54) is 31.3 Å². The number of fused-ring (bicyclic) bond motifs is 1. The highest BCUT2D eigenvalue weighted by atomic mass is 16.5. The lowest BCUT2D eigenvalue weighted by Gasteiger charge is -2.44.